The number of ether oxygens (including phenoxy) is 1. The molecule has 0 fully saturated rings. The van der Waals surface area contributed by atoms with E-state index in [1.165, 1.54) is 0 Å². The maximum Gasteiger partial charge on any atom is 0.511 e. The van der Waals surface area contributed by atoms with Crippen molar-refractivity contribution in [2.45, 2.75) is 46.5 Å². The number of hydrogen-bond acceptors (Lipinski definition) is 3. The molecule has 4 heteroatoms. The lowest BCUT2D eigenvalue weighted by Crippen LogP contribution is -2.06. The molecule has 100 valence electrons. The molecule has 2 N–H and O–H groups in total. The van der Waals surface area contributed by atoms with Gasteiger partial charge < -0.3 is 14.9 Å². The van der Waals surface area contributed by atoms with Crippen molar-refractivity contribution >= 4 is 6.16 Å². The molecule has 0 spiro atoms. The summed E-state index contributed by atoms with van der Waals surface area (Å²) in [6, 6.07) is 1.61. The Hall–Kier alpha value is -1.71. The quantitative estimate of drug-likeness (QED) is 0.620. The number of aromatic hydroxyl groups is 1. The Balaban J connectivity index is 3.24. The Kier molecular flexibility index (Phi) is 5.01. The van der Waals surface area contributed by atoms with Crippen LogP contribution in [-0.4, -0.2) is 16.4 Å². The maximum absolute atomic E-state index is 10.6. The summed E-state index contributed by atoms with van der Waals surface area (Å²) in [4.78, 5) is 10.6. The van der Waals surface area contributed by atoms with E-state index in [-0.39, 0.29) is 11.5 Å². The fourth-order valence-electron chi connectivity index (χ4n) is 2.05. The first kappa shape index (κ1) is 14.4. The summed E-state index contributed by atoms with van der Waals surface area (Å²) in [5.74, 6) is -0.00315. The summed E-state index contributed by atoms with van der Waals surface area (Å²) in [5, 5.41) is 18.7. The Morgan fingerprint density at radius 3 is 2.56 bits per heavy atom. The molecule has 0 radical (unpaired) electrons. The van der Waals surface area contributed by atoms with Crippen LogP contribution in [0.1, 0.15) is 43.4 Å². The molecule has 0 saturated carbocycles. The Morgan fingerprint density at radius 1 is 1.39 bits per heavy atom. The molecular formula is C14H20O4. The minimum atomic E-state index is -1.40. The highest BCUT2D eigenvalue weighted by Crippen LogP contribution is 2.36. The predicted octanol–water partition coefficient (Wildman–Crippen LogP) is 3.66. The van der Waals surface area contributed by atoms with Crippen LogP contribution in [0, 0.1) is 6.92 Å². The lowest BCUT2D eigenvalue weighted by Gasteiger charge is -2.15. The lowest BCUT2D eigenvalue weighted by atomic mass is 9.95. The van der Waals surface area contributed by atoms with E-state index >= 15 is 0 Å². The molecule has 0 saturated heterocycles. The van der Waals surface area contributed by atoms with E-state index in [9.17, 15) is 9.90 Å². The lowest BCUT2D eigenvalue weighted by molar-refractivity contribution is 0.142. The summed E-state index contributed by atoms with van der Waals surface area (Å²) in [5.41, 5.74) is 2.84. The zero-order valence-corrected chi connectivity index (χ0v) is 11.1. The molecule has 1 aromatic rings. The van der Waals surface area contributed by atoms with Gasteiger partial charge in [0, 0.05) is 5.56 Å². The van der Waals surface area contributed by atoms with Gasteiger partial charge in [-0.15, -0.1) is 0 Å². The number of phenolic OH excluding ortho intramolecular Hbond substituents is 1. The van der Waals surface area contributed by atoms with Gasteiger partial charge in [-0.1, -0.05) is 20.3 Å². The molecule has 1 rings (SSSR count). The van der Waals surface area contributed by atoms with Crippen LogP contribution in [0.15, 0.2) is 6.07 Å². The molecule has 0 aliphatic rings. The van der Waals surface area contributed by atoms with Crippen molar-refractivity contribution in [2.24, 2.45) is 0 Å². The Labute approximate surface area is 107 Å². The fraction of sp³-hybridized carbons (Fsp3) is 0.500. The van der Waals surface area contributed by atoms with Crippen LogP contribution >= 0.6 is 0 Å². The number of phenols is 1. The standard InChI is InChI=1S/C14H20O4/c1-4-6-7-11-9(3)10(5-2)8-12(13(11)15)18-14(16)17/h8,15H,4-7H2,1-3H3,(H,16,17). The Bertz CT molecular complexity index is 438. The molecule has 0 aromatic heterocycles. The second kappa shape index (κ2) is 6.28. The van der Waals surface area contributed by atoms with Crippen molar-refractivity contribution in [2.75, 3.05) is 0 Å². The molecule has 1 aromatic carbocycles. The Morgan fingerprint density at radius 2 is 2.06 bits per heavy atom. The van der Waals surface area contributed by atoms with Gasteiger partial charge >= 0.3 is 6.16 Å². The van der Waals surface area contributed by atoms with Gasteiger partial charge in [0.1, 0.15) is 0 Å². The number of rotatable bonds is 5. The SMILES string of the molecule is CCCCc1c(C)c(CC)cc(OC(=O)O)c1O. The van der Waals surface area contributed by atoms with Crippen LogP contribution in [0.5, 0.6) is 11.5 Å². The van der Waals surface area contributed by atoms with E-state index in [4.69, 9.17) is 5.11 Å². The topological polar surface area (TPSA) is 66.8 Å². The van der Waals surface area contributed by atoms with Gasteiger partial charge in [0.2, 0.25) is 0 Å². The highest BCUT2D eigenvalue weighted by atomic mass is 16.7. The molecule has 0 atom stereocenters. The summed E-state index contributed by atoms with van der Waals surface area (Å²) >= 11 is 0. The highest BCUT2D eigenvalue weighted by molar-refractivity contribution is 5.65. The minimum absolute atomic E-state index is 0.0380. The third-order valence-corrected chi connectivity index (χ3v) is 3.12. The van der Waals surface area contributed by atoms with Crippen LogP contribution in [0.4, 0.5) is 4.79 Å². The molecule has 18 heavy (non-hydrogen) atoms. The number of unbranched alkanes of at least 4 members (excludes halogenated alkanes) is 1. The van der Waals surface area contributed by atoms with Crippen molar-refractivity contribution in [3.05, 3.63) is 22.8 Å². The van der Waals surface area contributed by atoms with E-state index in [1.54, 1.807) is 6.07 Å². The van der Waals surface area contributed by atoms with Crippen molar-refractivity contribution in [3.8, 4) is 11.5 Å². The summed E-state index contributed by atoms with van der Waals surface area (Å²) in [6.45, 7) is 6.02. The van der Waals surface area contributed by atoms with Crippen LogP contribution in [0.3, 0.4) is 0 Å². The van der Waals surface area contributed by atoms with Gasteiger partial charge in [0.15, 0.2) is 11.5 Å². The van der Waals surface area contributed by atoms with Crippen LogP contribution < -0.4 is 4.74 Å². The summed E-state index contributed by atoms with van der Waals surface area (Å²) in [7, 11) is 0. The highest BCUT2D eigenvalue weighted by Gasteiger charge is 2.16. The largest absolute Gasteiger partial charge is 0.511 e. The zero-order chi connectivity index (χ0) is 13.7. The molecule has 0 aliphatic heterocycles. The third kappa shape index (κ3) is 3.15. The normalized spacial score (nSPS) is 10.4. The molecular weight excluding hydrogens is 232 g/mol. The van der Waals surface area contributed by atoms with Crippen LogP contribution in [-0.2, 0) is 12.8 Å². The van der Waals surface area contributed by atoms with E-state index in [0.717, 1.165) is 42.4 Å². The van der Waals surface area contributed by atoms with Crippen molar-refractivity contribution in [3.63, 3.8) is 0 Å². The number of aryl methyl sites for hydroxylation is 1. The van der Waals surface area contributed by atoms with Gasteiger partial charge in [-0.3, -0.25) is 0 Å². The average molecular weight is 252 g/mol. The van der Waals surface area contributed by atoms with Gasteiger partial charge in [0.05, 0.1) is 0 Å². The first-order chi connectivity index (χ1) is 8.51. The first-order valence-corrected chi connectivity index (χ1v) is 6.26. The van der Waals surface area contributed by atoms with Gasteiger partial charge in [-0.05, 0) is 43.4 Å². The summed E-state index contributed by atoms with van der Waals surface area (Å²) in [6.07, 6.45) is 2.08. The minimum Gasteiger partial charge on any atom is -0.504 e. The van der Waals surface area contributed by atoms with Gasteiger partial charge in [-0.2, -0.15) is 0 Å². The summed E-state index contributed by atoms with van der Waals surface area (Å²) < 4.78 is 4.63. The van der Waals surface area contributed by atoms with Gasteiger partial charge in [-0.25, -0.2) is 4.79 Å². The monoisotopic (exact) mass is 252 g/mol. The van der Waals surface area contributed by atoms with E-state index in [2.05, 4.69) is 11.7 Å². The zero-order valence-electron chi connectivity index (χ0n) is 11.1. The molecule has 0 heterocycles. The van der Waals surface area contributed by atoms with E-state index < -0.39 is 6.16 Å². The molecule has 0 unspecified atom stereocenters. The number of benzene rings is 1. The predicted molar refractivity (Wildman–Crippen MR) is 69.5 cm³/mol. The molecule has 0 aliphatic carbocycles. The molecule has 0 bridgehead atoms. The number of hydrogen-bond donors (Lipinski definition) is 2. The van der Waals surface area contributed by atoms with Gasteiger partial charge in [0.25, 0.3) is 0 Å². The van der Waals surface area contributed by atoms with E-state index in [0.29, 0.717) is 0 Å². The van der Waals surface area contributed by atoms with Crippen molar-refractivity contribution in [1.82, 2.24) is 0 Å². The third-order valence-electron chi connectivity index (χ3n) is 3.12. The number of carbonyl (C=O) groups is 1. The first-order valence-electron chi connectivity index (χ1n) is 6.26. The van der Waals surface area contributed by atoms with Crippen molar-refractivity contribution in [1.29, 1.82) is 0 Å². The smallest absolute Gasteiger partial charge is 0.504 e. The fourth-order valence-corrected chi connectivity index (χ4v) is 2.05. The second-order valence-electron chi connectivity index (χ2n) is 4.31. The second-order valence-corrected chi connectivity index (χ2v) is 4.31. The average Bonchev–Trinajstić information content (AvgIpc) is 2.32. The van der Waals surface area contributed by atoms with Crippen LogP contribution in [0.2, 0.25) is 0 Å². The molecule has 4 nitrogen and oxygen atoms in total. The van der Waals surface area contributed by atoms with E-state index in [1.807, 2.05) is 13.8 Å². The maximum atomic E-state index is 10.6. The number of carboxylic acid groups (broad SMARTS) is 1. The molecule has 0 amide bonds. The van der Waals surface area contributed by atoms with Crippen molar-refractivity contribution < 1.29 is 19.7 Å². The van der Waals surface area contributed by atoms with Crippen LogP contribution in [0.25, 0.3) is 0 Å².